The highest BCUT2D eigenvalue weighted by Gasteiger charge is 2.10. The van der Waals surface area contributed by atoms with Gasteiger partial charge in [0.05, 0.1) is 4.99 Å². The molecule has 1 aromatic rings. The fourth-order valence-electron chi connectivity index (χ4n) is 1.62. The lowest BCUT2D eigenvalue weighted by Crippen LogP contribution is -2.26. The lowest BCUT2D eigenvalue weighted by Gasteiger charge is -2.09. The number of hydrogen-bond donors (Lipinski definition) is 3. The van der Waals surface area contributed by atoms with E-state index in [0.717, 1.165) is 5.56 Å². The van der Waals surface area contributed by atoms with Crippen LogP contribution in [0.2, 0.25) is 0 Å². The van der Waals surface area contributed by atoms with Crippen molar-refractivity contribution in [1.29, 1.82) is 0 Å². The maximum atomic E-state index is 11.9. The molecule has 6 heteroatoms. The predicted octanol–water partition coefficient (Wildman–Crippen LogP) is 1.11. The second kappa shape index (κ2) is 7.48. The number of amides is 1. The molecule has 19 heavy (non-hydrogen) atoms. The fraction of sp³-hybridized carbons (Fsp3) is 0.308. The average Bonchev–Trinajstić information content (AvgIpc) is 2.34. The van der Waals surface area contributed by atoms with Gasteiger partial charge in [-0.3, -0.25) is 9.59 Å². The minimum atomic E-state index is -0.872. The molecule has 0 radical (unpaired) electrons. The molecule has 102 valence electrons. The van der Waals surface area contributed by atoms with Crippen molar-refractivity contribution in [3.05, 3.63) is 35.4 Å². The van der Waals surface area contributed by atoms with Gasteiger partial charge in [0.1, 0.15) is 0 Å². The van der Waals surface area contributed by atoms with Crippen LogP contribution in [0.3, 0.4) is 0 Å². The third kappa shape index (κ3) is 5.48. The van der Waals surface area contributed by atoms with E-state index in [0.29, 0.717) is 29.9 Å². The van der Waals surface area contributed by atoms with Gasteiger partial charge in [0.2, 0.25) is 0 Å². The molecule has 0 unspecified atom stereocenters. The number of carbonyl (C=O) groups excluding carboxylic acids is 1. The lowest BCUT2D eigenvalue weighted by molar-refractivity contribution is -0.137. The molecule has 1 amide bonds. The Morgan fingerprint density at radius 2 is 2.00 bits per heavy atom. The summed E-state index contributed by atoms with van der Waals surface area (Å²) in [6.45, 7) is 0.326. The minimum Gasteiger partial charge on any atom is -0.481 e. The SMILES string of the molecule is NC(=S)Cc1ccccc1C(=O)NCCCC(=O)O. The van der Waals surface area contributed by atoms with Gasteiger partial charge < -0.3 is 16.2 Å². The van der Waals surface area contributed by atoms with Gasteiger partial charge >= 0.3 is 5.97 Å². The Morgan fingerprint density at radius 1 is 1.32 bits per heavy atom. The molecule has 0 spiro atoms. The molecular weight excluding hydrogens is 264 g/mol. The Labute approximate surface area is 116 Å². The summed E-state index contributed by atoms with van der Waals surface area (Å²) in [6, 6.07) is 7.06. The lowest BCUT2D eigenvalue weighted by atomic mass is 10.0. The van der Waals surface area contributed by atoms with Gasteiger partial charge in [0.15, 0.2) is 0 Å². The van der Waals surface area contributed by atoms with Crippen molar-refractivity contribution in [3.8, 4) is 0 Å². The van der Waals surface area contributed by atoms with E-state index in [9.17, 15) is 9.59 Å². The van der Waals surface area contributed by atoms with Crippen molar-refractivity contribution in [3.63, 3.8) is 0 Å². The smallest absolute Gasteiger partial charge is 0.303 e. The number of carbonyl (C=O) groups is 2. The number of benzene rings is 1. The van der Waals surface area contributed by atoms with Crippen LogP contribution in [0.4, 0.5) is 0 Å². The van der Waals surface area contributed by atoms with Crippen LogP contribution in [0.1, 0.15) is 28.8 Å². The van der Waals surface area contributed by atoms with Gasteiger partial charge in [-0.1, -0.05) is 30.4 Å². The van der Waals surface area contributed by atoms with Gasteiger partial charge in [-0.05, 0) is 18.1 Å². The van der Waals surface area contributed by atoms with Crippen LogP contribution in [-0.2, 0) is 11.2 Å². The third-order valence-corrected chi connectivity index (χ3v) is 2.62. The second-order valence-corrected chi connectivity index (χ2v) is 4.58. The van der Waals surface area contributed by atoms with Crippen LogP contribution in [0.25, 0.3) is 0 Å². The Kier molecular flexibility index (Phi) is 5.95. The summed E-state index contributed by atoms with van der Waals surface area (Å²) in [5.41, 5.74) is 6.77. The van der Waals surface area contributed by atoms with Crippen LogP contribution < -0.4 is 11.1 Å². The molecule has 0 atom stereocenters. The number of thiocarbonyl (C=S) groups is 1. The van der Waals surface area contributed by atoms with Crippen LogP contribution in [0.15, 0.2) is 24.3 Å². The number of aliphatic carboxylic acids is 1. The summed E-state index contributed by atoms with van der Waals surface area (Å²) in [7, 11) is 0. The van der Waals surface area contributed by atoms with Crippen molar-refractivity contribution < 1.29 is 14.7 Å². The summed E-state index contributed by atoms with van der Waals surface area (Å²) in [5.74, 6) is -1.11. The highest BCUT2D eigenvalue weighted by molar-refractivity contribution is 7.80. The molecule has 0 bridgehead atoms. The number of hydrogen-bond acceptors (Lipinski definition) is 3. The number of carboxylic acids is 1. The molecule has 0 heterocycles. The molecular formula is C13H16N2O3S. The molecule has 1 aromatic carbocycles. The van der Waals surface area contributed by atoms with Crippen molar-refractivity contribution in [1.82, 2.24) is 5.32 Å². The minimum absolute atomic E-state index is 0.0365. The zero-order chi connectivity index (χ0) is 14.3. The Hall–Kier alpha value is -1.95. The van der Waals surface area contributed by atoms with Crippen molar-refractivity contribution in [2.24, 2.45) is 5.73 Å². The molecule has 0 aliphatic carbocycles. The number of nitrogens with one attached hydrogen (secondary N) is 1. The average molecular weight is 280 g/mol. The van der Waals surface area contributed by atoms with Crippen LogP contribution in [0.5, 0.6) is 0 Å². The number of carboxylic acid groups (broad SMARTS) is 1. The van der Waals surface area contributed by atoms with Gasteiger partial charge in [-0.15, -0.1) is 0 Å². The van der Waals surface area contributed by atoms with Crippen molar-refractivity contribution >= 4 is 29.1 Å². The maximum absolute atomic E-state index is 11.9. The van der Waals surface area contributed by atoms with Gasteiger partial charge in [0, 0.05) is 24.9 Å². The number of rotatable bonds is 7. The van der Waals surface area contributed by atoms with Crippen LogP contribution >= 0.6 is 12.2 Å². The fourth-order valence-corrected chi connectivity index (χ4v) is 1.78. The molecule has 4 N–H and O–H groups in total. The zero-order valence-electron chi connectivity index (χ0n) is 10.4. The quantitative estimate of drug-likeness (QED) is 0.514. The normalized spacial score (nSPS) is 9.89. The van der Waals surface area contributed by atoms with E-state index in [4.69, 9.17) is 23.1 Å². The van der Waals surface area contributed by atoms with E-state index in [1.807, 2.05) is 6.07 Å². The summed E-state index contributed by atoms with van der Waals surface area (Å²) < 4.78 is 0. The summed E-state index contributed by atoms with van der Waals surface area (Å²) in [4.78, 5) is 22.6. The van der Waals surface area contributed by atoms with E-state index in [-0.39, 0.29) is 12.3 Å². The molecule has 0 fully saturated rings. The predicted molar refractivity (Wildman–Crippen MR) is 76.1 cm³/mol. The summed E-state index contributed by atoms with van der Waals surface area (Å²) in [6.07, 6.45) is 0.807. The maximum Gasteiger partial charge on any atom is 0.303 e. The first-order valence-electron chi connectivity index (χ1n) is 5.87. The molecule has 0 aliphatic heterocycles. The molecule has 5 nitrogen and oxygen atoms in total. The topological polar surface area (TPSA) is 92.4 Å². The summed E-state index contributed by atoms with van der Waals surface area (Å²) >= 11 is 4.84. The van der Waals surface area contributed by atoms with E-state index in [2.05, 4.69) is 5.32 Å². The van der Waals surface area contributed by atoms with Gasteiger partial charge in [0.25, 0.3) is 5.91 Å². The molecule has 0 aromatic heterocycles. The van der Waals surface area contributed by atoms with Crippen LogP contribution in [0, 0.1) is 0 Å². The Bertz CT molecular complexity index is 489. The third-order valence-electron chi connectivity index (χ3n) is 2.48. The van der Waals surface area contributed by atoms with Crippen molar-refractivity contribution in [2.75, 3.05) is 6.54 Å². The Morgan fingerprint density at radius 3 is 2.63 bits per heavy atom. The standard InChI is InChI=1S/C13H16N2O3S/c14-11(19)8-9-4-1-2-5-10(9)13(18)15-7-3-6-12(16)17/h1-2,4-5H,3,6-8H2,(H2,14,19)(H,15,18)(H,16,17). The van der Waals surface area contributed by atoms with E-state index < -0.39 is 5.97 Å². The first-order valence-corrected chi connectivity index (χ1v) is 6.27. The highest BCUT2D eigenvalue weighted by atomic mass is 32.1. The summed E-state index contributed by atoms with van der Waals surface area (Å²) in [5, 5.41) is 11.2. The van der Waals surface area contributed by atoms with E-state index in [1.54, 1.807) is 18.2 Å². The molecule has 1 rings (SSSR count). The number of nitrogens with two attached hydrogens (primary N) is 1. The monoisotopic (exact) mass is 280 g/mol. The first kappa shape index (κ1) is 15.1. The largest absolute Gasteiger partial charge is 0.481 e. The molecule has 0 aliphatic rings. The van der Waals surface area contributed by atoms with Gasteiger partial charge in [-0.25, -0.2) is 0 Å². The Balaban J connectivity index is 2.61. The molecule has 0 saturated heterocycles. The van der Waals surface area contributed by atoms with E-state index in [1.165, 1.54) is 0 Å². The van der Waals surface area contributed by atoms with E-state index >= 15 is 0 Å². The van der Waals surface area contributed by atoms with Crippen molar-refractivity contribution in [2.45, 2.75) is 19.3 Å². The first-order chi connectivity index (χ1) is 9.00. The zero-order valence-corrected chi connectivity index (χ0v) is 11.2. The second-order valence-electron chi connectivity index (χ2n) is 4.05. The van der Waals surface area contributed by atoms with Gasteiger partial charge in [-0.2, -0.15) is 0 Å². The molecule has 0 saturated carbocycles. The van der Waals surface area contributed by atoms with Crippen LogP contribution in [-0.4, -0.2) is 28.5 Å². The highest BCUT2D eigenvalue weighted by Crippen LogP contribution is 2.09.